The van der Waals surface area contributed by atoms with E-state index in [1.807, 2.05) is 6.07 Å². The van der Waals surface area contributed by atoms with Gasteiger partial charge in [-0.3, -0.25) is 14.6 Å². The van der Waals surface area contributed by atoms with Gasteiger partial charge in [-0.1, -0.05) is 24.3 Å². The Labute approximate surface area is 167 Å². The largest absolute Gasteiger partial charge is 0.453 e. The van der Waals surface area contributed by atoms with Crippen LogP contribution in [0.3, 0.4) is 0 Å². The predicted octanol–water partition coefficient (Wildman–Crippen LogP) is 3.45. The molecule has 2 aromatic carbocycles. The maximum atomic E-state index is 14.2. The summed E-state index contributed by atoms with van der Waals surface area (Å²) in [5.41, 5.74) is 1.14. The van der Waals surface area contributed by atoms with Gasteiger partial charge in [0.2, 0.25) is 5.91 Å². The molecule has 0 aliphatic heterocycles. The summed E-state index contributed by atoms with van der Waals surface area (Å²) in [4.78, 5) is 27.8. The lowest BCUT2D eigenvalue weighted by Crippen LogP contribution is -2.30. The van der Waals surface area contributed by atoms with E-state index in [9.17, 15) is 14.0 Å². The van der Waals surface area contributed by atoms with Gasteiger partial charge in [0.15, 0.2) is 11.6 Å². The van der Waals surface area contributed by atoms with Crippen molar-refractivity contribution < 1.29 is 18.7 Å². The second kappa shape index (κ2) is 9.98. The van der Waals surface area contributed by atoms with E-state index in [4.69, 9.17) is 4.74 Å². The minimum absolute atomic E-state index is 0.0803. The van der Waals surface area contributed by atoms with E-state index in [1.54, 1.807) is 48.7 Å². The van der Waals surface area contributed by atoms with Gasteiger partial charge in [0.05, 0.1) is 6.20 Å². The Bertz CT molecular complexity index is 966. The lowest BCUT2D eigenvalue weighted by Gasteiger charge is -2.09. The topological polar surface area (TPSA) is 80.3 Å². The molecule has 3 aromatic rings. The Morgan fingerprint density at radius 2 is 1.83 bits per heavy atom. The first-order valence-electron chi connectivity index (χ1n) is 9.08. The van der Waals surface area contributed by atoms with Crippen LogP contribution in [0.2, 0.25) is 0 Å². The minimum atomic E-state index is -0.532. The average Bonchev–Trinajstić information content (AvgIpc) is 2.75. The molecule has 2 N–H and O–H groups in total. The molecule has 0 aliphatic rings. The highest BCUT2D eigenvalue weighted by atomic mass is 19.1. The monoisotopic (exact) mass is 393 g/mol. The summed E-state index contributed by atoms with van der Waals surface area (Å²) in [6, 6.07) is 16.6. The van der Waals surface area contributed by atoms with Crippen LogP contribution in [0.5, 0.6) is 11.5 Å². The molecule has 0 radical (unpaired) electrons. The third kappa shape index (κ3) is 6.14. The van der Waals surface area contributed by atoms with Gasteiger partial charge in [0.1, 0.15) is 5.75 Å². The number of pyridine rings is 1. The summed E-state index contributed by atoms with van der Waals surface area (Å²) >= 11 is 0. The zero-order chi connectivity index (χ0) is 20.5. The summed E-state index contributed by atoms with van der Waals surface area (Å²) in [5.74, 6) is -0.489. The van der Waals surface area contributed by atoms with Crippen molar-refractivity contribution in [2.45, 2.75) is 13.0 Å². The Kier molecular flexibility index (Phi) is 6.89. The number of benzene rings is 2. The van der Waals surface area contributed by atoms with Crippen LogP contribution in [0.25, 0.3) is 0 Å². The summed E-state index contributed by atoms with van der Waals surface area (Å²) in [7, 11) is 0. The van der Waals surface area contributed by atoms with Crippen LogP contribution in [-0.2, 0) is 11.3 Å². The van der Waals surface area contributed by atoms with E-state index in [1.165, 1.54) is 18.3 Å². The smallest absolute Gasteiger partial charge is 0.251 e. The number of amides is 2. The first kappa shape index (κ1) is 20.0. The number of carbonyl (C=O) groups excluding carboxylic acids is 2. The van der Waals surface area contributed by atoms with Crippen molar-refractivity contribution in [1.82, 2.24) is 15.6 Å². The molecule has 7 heteroatoms. The van der Waals surface area contributed by atoms with Crippen molar-refractivity contribution in [3.05, 3.63) is 90.0 Å². The van der Waals surface area contributed by atoms with E-state index in [0.29, 0.717) is 16.9 Å². The van der Waals surface area contributed by atoms with Gasteiger partial charge in [-0.25, -0.2) is 4.39 Å². The quantitative estimate of drug-likeness (QED) is 0.614. The van der Waals surface area contributed by atoms with Crippen molar-refractivity contribution in [2.24, 2.45) is 0 Å². The van der Waals surface area contributed by atoms with Crippen molar-refractivity contribution in [1.29, 1.82) is 0 Å². The van der Waals surface area contributed by atoms with Gasteiger partial charge in [-0.2, -0.15) is 0 Å². The number of ether oxygens (including phenoxy) is 1. The number of rotatable bonds is 8. The molecule has 0 saturated carbocycles. The normalized spacial score (nSPS) is 10.2. The SMILES string of the molecule is O=C(CCNC(=O)c1ccccc1)NCc1ccc(Oc2cccnc2)c(F)c1. The number of halogens is 1. The highest BCUT2D eigenvalue weighted by molar-refractivity contribution is 5.94. The Hall–Kier alpha value is -3.74. The molecule has 0 bridgehead atoms. The fraction of sp³-hybridized carbons (Fsp3) is 0.136. The van der Waals surface area contributed by atoms with Crippen molar-refractivity contribution in [3.8, 4) is 11.5 Å². The number of carbonyl (C=O) groups is 2. The first-order valence-corrected chi connectivity index (χ1v) is 9.08. The van der Waals surface area contributed by atoms with Crippen LogP contribution in [0.15, 0.2) is 73.1 Å². The Balaban J connectivity index is 1.43. The molecule has 148 valence electrons. The fourth-order valence-corrected chi connectivity index (χ4v) is 2.54. The summed E-state index contributed by atoms with van der Waals surface area (Å²) in [6.07, 6.45) is 3.22. The second-order valence-electron chi connectivity index (χ2n) is 6.20. The summed E-state index contributed by atoms with van der Waals surface area (Å²) < 4.78 is 19.6. The third-order valence-corrected chi connectivity index (χ3v) is 4.02. The number of hydrogen-bond acceptors (Lipinski definition) is 4. The van der Waals surface area contributed by atoms with Gasteiger partial charge in [-0.15, -0.1) is 0 Å². The third-order valence-electron chi connectivity index (χ3n) is 4.02. The lowest BCUT2D eigenvalue weighted by atomic mass is 10.2. The molecule has 0 atom stereocenters. The molecule has 2 amide bonds. The molecule has 0 aliphatic carbocycles. The summed E-state index contributed by atoms with van der Waals surface area (Å²) in [6.45, 7) is 0.390. The van der Waals surface area contributed by atoms with Crippen LogP contribution in [0.4, 0.5) is 4.39 Å². The second-order valence-corrected chi connectivity index (χ2v) is 6.20. The Morgan fingerprint density at radius 1 is 1.00 bits per heavy atom. The van der Waals surface area contributed by atoms with Crippen LogP contribution in [0.1, 0.15) is 22.3 Å². The van der Waals surface area contributed by atoms with Gasteiger partial charge in [0.25, 0.3) is 5.91 Å². The number of nitrogens with zero attached hydrogens (tertiary/aromatic N) is 1. The molecule has 0 spiro atoms. The minimum Gasteiger partial charge on any atom is -0.453 e. The van der Waals surface area contributed by atoms with Gasteiger partial charge >= 0.3 is 0 Å². The van der Waals surface area contributed by atoms with E-state index < -0.39 is 5.82 Å². The molecular weight excluding hydrogens is 373 g/mol. The van der Waals surface area contributed by atoms with Crippen molar-refractivity contribution in [3.63, 3.8) is 0 Å². The first-order chi connectivity index (χ1) is 14.1. The highest BCUT2D eigenvalue weighted by Crippen LogP contribution is 2.24. The van der Waals surface area contributed by atoms with Crippen molar-refractivity contribution >= 4 is 11.8 Å². The molecule has 0 fully saturated rings. The van der Waals surface area contributed by atoms with Gasteiger partial charge in [0, 0.05) is 31.3 Å². The lowest BCUT2D eigenvalue weighted by molar-refractivity contribution is -0.121. The number of nitrogens with one attached hydrogen (secondary N) is 2. The standard InChI is InChI=1S/C22H20FN3O3/c23-19-13-16(8-9-20(19)29-18-7-4-11-24-15-18)14-26-21(27)10-12-25-22(28)17-5-2-1-3-6-17/h1-9,11,13,15H,10,12,14H2,(H,25,28)(H,26,27). The molecule has 1 aromatic heterocycles. The zero-order valence-electron chi connectivity index (χ0n) is 15.6. The van der Waals surface area contributed by atoms with Gasteiger partial charge in [-0.05, 0) is 42.0 Å². The van der Waals surface area contributed by atoms with Gasteiger partial charge < -0.3 is 15.4 Å². The number of aromatic nitrogens is 1. The Morgan fingerprint density at radius 3 is 2.55 bits per heavy atom. The van der Waals surface area contributed by atoms with E-state index in [0.717, 1.165) is 0 Å². The molecule has 29 heavy (non-hydrogen) atoms. The van der Waals surface area contributed by atoms with Crippen LogP contribution >= 0.6 is 0 Å². The van der Waals surface area contributed by atoms with E-state index in [-0.39, 0.29) is 37.1 Å². The molecule has 1 heterocycles. The maximum Gasteiger partial charge on any atom is 0.251 e. The molecule has 6 nitrogen and oxygen atoms in total. The molecule has 3 rings (SSSR count). The molecular formula is C22H20FN3O3. The maximum absolute atomic E-state index is 14.2. The fourth-order valence-electron chi connectivity index (χ4n) is 2.54. The van der Waals surface area contributed by atoms with E-state index >= 15 is 0 Å². The zero-order valence-corrected chi connectivity index (χ0v) is 15.6. The summed E-state index contributed by atoms with van der Waals surface area (Å²) in [5, 5.41) is 5.39. The average molecular weight is 393 g/mol. The van der Waals surface area contributed by atoms with E-state index in [2.05, 4.69) is 15.6 Å². The van der Waals surface area contributed by atoms with Crippen LogP contribution in [-0.4, -0.2) is 23.3 Å². The molecule has 0 unspecified atom stereocenters. The van der Waals surface area contributed by atoms with Crippen LogP contribution in [0, 0.1) is 5.82 Å². The highest BCUT2D eigenvalue weighted by Gasteiger charge is 2.09. The number of hydrogen-bond donors (Lipinski definition) is 2. The predicted molar refractivity (Wildman–Crippen MR) is 106 cm³/mol. The molecule has 0 saturated heterocycles. The van der Waals surface area contributed by atoms with Crippen molar-refractivity contribution in [2.75, 3.05) is 6.54 Å². The van der Waals surface area contributed by atoms with Crippen LogP contribution < -0.4 is 15.4 Å².